The maximum Gasteiger partial charge on any atom is 0.214 e. The van der Waals surface area contributed by atoms with E-state index < -0.39 is 0 Å². The van der Waals surface area contributed by atoms with E-state index in [1.807, 2.05) is 36.9 Å². The third-order valence-corrected chi connectivity index (χ3v) is 3.49. The van der Waals surface area contributed by atoms with Crippen molar-refractivity contribution in [2.45, 2.75) is 40.8 Å². The average molecular weight is 274 g/mol. The van der Waals surface area contributed by atoms with Gasteiger partial charge in [0.15, 0.2) is 5.65 Å². The van der Waals surface area contributed by atoms with Crippen LogP contribution in [0.3, 0.4) is 0 Å². The van der Waals surface area contributed by atoms with Crippen molar-refractivity contribution in [3.63, 3.8) is 0 Å². The average Bonchev–Trinajstić information content (AvgIpc) is 2.99. The Balaban J connectivity index is 2.12. The van der Waals surface area contributed by atoms with Crippen LogP contribution in [-0.2, 0) is 13.1 Å². The first-order valence-electron chi connectivity index (χ1n) is 6.63. The lowest BCUT2D eigenvalue weighted by Gasteiger charge is -2.05. The molecule has 2 N–H and O–H groups in total. The number of hydrogen-bond acceptors (Lipinski definition) is 5. The molecule has 7 nitrogen and oxygen atoms in total. The van der Waals surface area contributed by atoms with Crippen molar-refractivity contribution < 1.29 is 4.42 Å². The first-order valence-corrected chi connectivity index (χ1v) is 6.63. The van der Waals surface area contributed by atoms with E-state index >= 15 is 0 Å². The van der Waals surface area contributed by atoms with E-state index in [9.17, 15) is 0 Å². The van der Waals surface area contributed by atoms with Crippen molar-refractivity contribution in [2.75, 3.05) is 5.73 Å². The van der Waals surface area contributed by atoms with Crippen LogP contribution in [0.4, 0.5) is 5.95 Å². The summed E-state index contributed by atoms with van der Waals surface area (Å²) < 4.78 is 9.42. The summed E-state index contributed by atoms with van der Waals surface area (Å²) in [5, 5.41) is 4.46. The van der Waals surface area contributed by atoms with E-state index in [0.717, 1.165) is 34.9 Å². The van der Waals surface area contributed by atoms with Crippen LogP contribution in [0, 0.1) is 20.8 Å². The molecule has 0 bridgehead atoms. The van der Waals surface area contributed by atoms with E-state index in [1.54, 1.807) is 0 Å². The maximum atomic E-state index is 6.02. The zero-order valence-corrected chi connectivity index (χ0v) is 12.1. The fourth-order valence-corrected chi connectivity index (χ4v) is 2.36. The second-order valence-corrected chi connectivity index (χ2v) is 4.88. The number of rotatable bonds is 3. The number of hydrogen-bond donors (Lipinski definition) is 1. The van der Waals surface area contributed by atoms with Crippen molar-refractivity contribution in [1.29, 1.82) is 0 Å². The van der Waals surface area contributed by atoms with Gasteiger partial charge in [0.05, 0.1) is 11.4 Å². The van der Waals surface area contributed by atoms with Crippen LogP contribution in [0.15, 0.2) is 4.42 Å². The summed E-state index contributed by atoms with van der Waals surface area (Å²) >= 11 is 0. The largest absolute Gasteiger partial charge is 0.444 e. The molecule has 0 aliphatic heterocycles. The number of nitrogens with zero attached hydrogens (tertiary/aromatic N) is 5. The fourth-order valence-electron chi connectivity index (χ4n) is 2.36. The highest BCUT2D eigenvalue weighted by molar-refractivity contribution is 5.77. The summed E-state index contributed by atoms with van der Waals surface area (Å²) in [6.07, 6.45) is 0. The molecular formula is C13H18N6O. The van der Waals surface area contributed by atoms with E-state index in [4.69, 9.17) is 10.2 Å². The van der Waals surface area contributed by atoms with Crippen LogP contribution >= 0.6 is 0 Å². The van der Waals surface area contributed by atoms with E-state index in [-0.39, 0.29) is 0 Å². The Morgan fingerprint density at radius 2 is 1.90 bits per heavy atom. The summed E-state index contributed by atoms with van der Waals surface area (Å²) in [6.45, 7) is 9.03. The molecule has 3 heterocycles. The number of nitrogens with two attached hydrogens (primary N) is 1. The van der Waals surface area contributed by atoms with Gasteiger partial charge in [-0.15, -0.1) is 0 Å². The van der Waals surface area contributed by atoms with E-state index in [0.29, 0.717) is 18.4 Å². The first-order chi connectivity index (χ1) is 9.51. The Hall–Kier alpha value is -2.31. The third kappa shape index (κ3) is 1.77. The summed E-state index contributed by atoms with van der Waals surface area (Å²) in [4.78, 5) is 8.79. The number of fused-ring (bicyclic) bond motifs is 1. The molecular weight excluding hydrogens is 256 g/mol. The normalized spacial score (nSPS) is 11.6. The zero-order valence-electron chi connectivity index (χ0n) is 12.1. The molecule has 0 aliphatic carbocycles. The van der Waals surface area contributed by atoms with Gasteiger partial charge in [0.25, 0.3) is 0 Å². The number of anilines is 1. The Labute approximate surface area is 116 Å². The van der Waals surface area contributed by atoms with E-state index in [2.05, 4.69) is 15.1 Å². The second-order valence-electron chi connectivity index (χ2n) is 4.88. The topological polar surface area (TPSA) is 87.7 Å². The van der Waals surface area contributed by atoms with E-state index in [1.165, 1.54) is 0 Å². The van der Waals surface area contributed by atoms with Gasteiger partial charge in [0, 0.05) is 6.54 Å². The van der Waals surface area contributed by atoms with Crippen molar-refractivity contribution in [1.82, 2.24) is 24.3 Å². The van der Waals surface area contributed by atoms with Gasteiger partial charge in [0.1, 0.15) is 17.8 Å². The third-order valence-electron chi connectivity index (χ3n) is 3.49. The minimum atomic E-state index is 0.455. The number of aromatic nitrogens is 5. The molecule has 20 heavy (non-hydrogen) atoms. The van der Waals surface area contributed by atoms with Crippen LogP contribution in [-0.4, -0.2) is 24.3 Å². The van der Waals surface area contributed by atoms with Gasteiger partial charge in [-0.3, -0.25) is 4.57 Å². The SMILES string of the molecule is CCn1nc(C)c2nc(N)n(Cc3nc(C)c(C)o3)c21. The maximum absolute atomic E-state index is 6.02. The number of nitrogen functional groups attached to an aromatic ring is 1. The van der Waals surface area contributed by atoms with Crippen LogP contribution in [0.5, 0.6) is 0 Å². The second kappa shape index (κ2) is 4.36. The summed E-state index contributed by atoms with van der Waals surface area (Å²) in [5.41, 5.74) is 9.55. The van der Waals surface area contributed by atoms with Gasteiger partial charge >= 0.3 is 0 Å². The molecule has 7 heteroatoms. The molecule has 3 rings (SSSR count). The smallest absolute Gasteiger partial charge is 0.214 e. The molecule has 0 radical (unpaired) electrons. The lowest BCUT2D eigenvalue weighted by atomic mass is 10.4. The predicted molar refractivity (Wildman–Crippen MR) is 75.4 cm³/mol. The summed E-state index contributed by atoms with van der Waals surface area (Å²) in [7, 11) is 0. The number of oxazole rings is 1. The highest BCUT2D eigenvalue weighted by atomic mass is 16.4. The zero-order chi connectivity index (χ0) is 14.4. The van der Waals surface area contributed by atoms with Crippen LogP contribution < -0.4 is 5.73 Å². The van der Waals surface area contributed by atoms with Gasteiger partial charge in [-0.25, -0.2) is 14.6 Å². The van der Waals surface area contributed by atoms with Gasteiger partial charge < -0.3 is 10.2 Å². The Kier molecular flexibility index (Phi) is 2.77. The van der Waals surface area contributed by atoms with Gasteiger partial charge in [-0.2, -0.15) is 5.10 Å². The summed E-state index contributed by atoms with van der Waals surface area (Å²) in [5.74, 6) is 1.92. The minimum absolute atomic E-state index is 0.455. The predicted octanol–water partition coefficient (Wildman–Crippen LogP) is 1.80. The van der Waals surface area contributed by atoms with Crippen molar-refractivity contribution >= 4 is 17.1 Å². The molecule has 0 saturated carbocycles. The fraction of sp³-hybridized carbons (Fsp3) is 0.462. The van der Waals surface area contributed by atoms with Crippen LogP contribution in [0.25, 0.3) is 11.2 Å². The standard InChI is InChI=1S/C13H18N6O/c1-5-19-12-11(8(3)17-19)16-13(14)18(12)6-10-15-7(2)9(4)20-10/h5-6H2,1-4H3,(H2,14,16). The van der Waals surface area contributed by atoms with Gasteiger partial charge in [-0.05, 0) is 27.7 Å². The molecule has 0 amide bonds. The lowest BCUT2D eigenvalue weighted by molar-refractivity contribution is 0.458. The highest BCUT2D eigenvalue weighted by Gasteiger charge is 2.18. The van der Waals surface area contributed by atoms with Crippen LogP contribution in [0.2, 0.25) is 0 Å². The molecule has 0 atom stereocenters. The molecule has 3 aromatic heterocycles. The minimum Gasteiger partial charge on any atom is -0.444 e. The number of imidazole rings is 1. The molecule has 0 fully saturated rings. The summed E-state index contributed by atoms with van der Waals surface area (Å²) in [6, 6.07) is 0. The molecule has 106 valence electrons. The van der Waals surface area contributed by atoms with Crippen LogP contribution in [0.1, 0.15) is 30.0 Å². The van der Waals surface area contributed by atoms with Gasteiger partial charge in [-0.1, -0.05) is 0 Å². The molecule has 3 aromatic rings. The first kappa shape index (κ1) is 12.7. The Morgan fingerprint density at radius 3 is 2.50 bits per heavy atom. The molecule has 0 saturated heterocycles. The van der Waals surface area contributed by atoms with Crippen molar-refractivity contribution in [2.24, 2.45) is 0 Å². The molecule has 0 aliphatic rings. The lowest BCUT2D eigenvalue weighted by Crippen LogP contribution is -2.09. The highest BCUT2D eigenvalue weighted by Crippen LogP contribution is 2.22. The molecule has 0 aromatic carbocycles. The number of aryl methyl sites for hydroxylation is 4. The van der Waals surface area contributed by atoms with Crippen molar-refractivity contribution in [3.05, 3.63) is 23.0 Å². The van der Waals surface area contributed by atoms with Crippen molar-refractivity contribution in [3.8, 4) is 0 Å². The molecule has 0 unspecified atom stereocenters. The Bertz CT molecular complexity index is 759. The van der Waals surface area contributed by atoms with Gasteiger partial charge in [0.2, 0.25) is 11.8 Å². The monoisotopic (exact) mass is 274 g/mol. The molecule has 0 spiro atoms. The Morgan fingerprint density at radius 1 is 1.15 bits per heavy atom. The quantitative estimate of drug-likeness (QED) is 0.786.